The molecule has 3 rings (SSSR count). The summed E-state index contributed by atoms with van der Waals surface area (Å²) < 4.78 is 5.69. The molecule has 5 heteroatoms. The van der Waals surface area contributed by atoms with E-state index in [0.29, 0.717) is 5.57 Å². The molecule has 0 amide bonds. The predicted octanol–water partition coefficient (Wildman–Crippen LogP) is 2.94. The first-order valence-corrected chi connectivity index (χ1v) is 7.82. The Morgan fingerprint density at radius 2 is 2.24 bits per heavy atom. The Balaban J connectivity index is 2.12. The van der Waals surface area contributed by atoms with E-state index < -0.39 is 0 Å². The molecule has 1 aromatic rings. The summed E-state index contributed by atoms with van der Waals surface area (Å²) in [6.45, 7) is 0. The number of hydrogen-bond donors (Lipinski definition) is 1. The normalized spacial score (nSPS) is 20.4. The van der Waals surface area contributed by atoms with Crippen LogP contribution in [0.5, 0.6) is 5.75 Å². The number of nitrogens with two attached hydrogens (primary N) is 1. The Morgan fingerprint density at radius 1 is 1.43 bits per heavy atom. The molecular formula is C16H17N3OS. The van der Waals surface area contributed by atoms with Crippen LogP contribution in [0.25, 0.3) is 0 Å². The molecule has 0 radical (unpaired) electrons. The fourth-order valence-electron chi connectivity index (χ4n) is 2.65. The van der Waals surface area contributed by atoms with E-state index in [-0.39, 0.29) is 11.8 Å². The van der Waals surface area contributed by atoms with Crippen LogP contribution in [0, 0.1) is 11.3 Å². The molecule has 1 unspecified atom stereocenters. The highest BCUT2D eigenvalue weighted by Gasteiger charge is 2.33. The zero-order valence-electron chi connectivity index (χ0n) is 12.1. The molecule has 0 spiro atoms. The number of ether oxygens (including phenoxy) is 1. The van der Waals surface area contributed by atoms with Gasteiger partial charge in [0.25, 0.3) is 0 Å². The number of anilines is 1. The van der Waals surface area contributed by atoms with Gasteiger partial charge in [0.05, 0.1) is 5.92 Å². The van der Waals surface area contributed by atoms with Crippen molar-refractivity contribution in [2.24, 2.45) is 5.73 Å². The van der Waals surface area contributed by atoms with Crippen LogP contribution in [0.2, 0.25) is 0 Å². The third-order valence-corrected chi connectivity index (χ3v) is 4.91. The lowest BCUT2D eigenvalue weighted by Gasteiger charge is -2.27. The van der Waals surface area contributed by atoms with Crippen molar-refractivity contribution in [3.8, 4) is 11.8 Å². The summed E-state index contributed by atoms with van der Waals surface area (Å²) in [4.78, 5) is 3.22. The molecule has 2 heterocycles. The Bertz CT molecular complexity index is 685. The van der Waals surface area contributed by atoms with Gasteiger partial charge in [-0.2, -0.15) is 5.26 Å². The number of benzene rings is 1. The fourth-order valence-corrected chi connectivity index (χ4v) is 3.77. The van der Waals surface area contributed by atoms with Gasteiger partial charge in [0.2, 0.25) is 5.88 Å². The van der Waals surface area contributed by atoms with E-state index in [4.69, 9.17) is 10.5 Å². The van der Waals surface area contributed by atoms with E-state index >= 15 is 0 Å². The summed E-state index contributed by atoms with van der Waals surface area (Å²) >= 11 is 1.80. The number of nitriles is 1. The Hall–Kier alpha value is -2.06. The highest BCUT2D eigenvalue weighted by atomic mass is 32.2. The monoisotopic (exact) mass is 299 g/mol. The van der Waals surface area contributed by atoms with Crippen molar-refractivity contribution in [3.05, 3.63) is 46.2 Å². The van der Waals surface area contributed by atoms with Crippen LogP contribution in [0.4, 0.5) is 5.69 Å². The maximum Gasteiger partial charge on any atom is 0.205 e. The maximum absolute atomic E-state index is 9.45. The second kappa shape index (κ2) is 5.38. The van der Waals surface area contributed by atoms with Gasteiger partial charge in [-0.15, -0.1) is 11.8 Å². The molecule has 0 saturated heterocycles. The first kappa shape index (κ1) is 13.9. The summed E-state index contributed by atoms with van der Waals surface area (Å²) in [5.74, 6) is 1.95. The maximum atomic E-state index is 9.45. The van der Waals surface area contributed by atoms with Crippen LogP contribution < -0.4 is 15.4 Å². The van der Waals surface area contributed by atoms with E-state index in [2.05, 4.69) is 12.1 Å². The third kappa shape index (κ3) is 2.36. The third-order valence-electron chi connectivity index (χ3n) is 3.74. The topological polar surface area (TPSA) is 62.3 Å². The molecule has 1 atom stereocenters. The molecule has 0 saturated carbocycles. The van der Waals surface area contributed by atoms with Gasteiger partial charge < -0.3 is 15.4 Å². The van der Waals surface area contributed by atoms with Crippen molar-refractivity contribution < 1.29 is 4.74 Å². The first-order valence-electron chi connectivity index (χ1n) is 6.83. The minimum Gasteiger partial charge on any atom is -0.440 e. The van der Waals surface area contributed by atoms with Crippen molar-refractivity contribution in [3.63, 3.8) is 0 Å². The molecule has 0 aliphatic carbocycles. The van der Waals surface area contributed by atoms with E-state index in [1.807, 2.05) is 37.2 Å². The van der Waals surface area contributed by atoms with Gasteiger partial charge in [-0.1, -0.05) is 12.1 Å². The number of fused-ring (bicyclic) bond motifs is 1. The molecule has 0 aromatic heterocycles. The fraction of sp³-hybridized carbons (Fsp3) is 0.312. The summed E-state index contributed by atoms with van der Waals surface area (Å²) in [7, 11) is 3.97. The van der Waals surface area contributed by atoms with Crippen LogP contribution in [0.1, 0.15) is 17.9 Å². The van der Waals surface area contributed by atoms with E-state index in [1.54, 1.807) is 11.8 Å². The summed E-state index contributed by atoms with van der Waals surface area (Å²) in [6.07, 6.45) is 3.25. The molecule has 1 aromatic carbocycles. The number of allylic oxidation sites excluding steroid dienone is 3. The van der Waals surface area contributed by atoms with E-state index in [1.165, 1.54) is 4.91 Å². The minimum absolute atomic E-state index is 0.0811. The van der Waals surface area contributed by atoms with Crippen LogP contribution in [-0.2, 0) is 0 Å². The second-order valence-electron chi connectivity index (χ2n) is 5.28. The molecule has 2 N–H and O–H groups in total. The Morgan fingerprint density at radius 3 is 2.86 bits per heavy atom. The Kier molecular flexibility index (Phi) is 3.56. The van der Waals surface area contributed by atoms with Crippen molar-refractivity contribution in [1.29, 1.82) is 5.26 Å². The average Bonchev–Trinajstić information content (AvgIpc) is 2.98. The van der Waals surface area contributed by atoms with Crippen molar-refractivity contribution in [2.75, 3.05) is 24.7 Å². The number of nitrogens with zero attached hydrogens (tertiary/aromatic N) is 2. The molecule has 2 aliphatic heterocycles. The molecule has 0 fully saturated rings. The lowest BCUT2D eigenvalue weighted by Crippen LogP contribution is -2.21. The molecule has 21 heavy (non-hydrogen) atoms. The molecule has 2 aliphatic rings. The highest BCUT2D eigenvalue weighted by Crippen LogP contribution is 2.48. The largest absolute Gasteiger partial charge is 0.440 e. The summed E-state index contributed by atoms with van der Waals surface area (Å²) in [5.41, 5.74) is 8.56. The van der Waals surface area contributed by atoms with Gasteiger partial charge in [0, 0.05) is 37.2 Å². The van der Waals surface area contributed by atoms with Gasteiger partial charge in [0.15, 0.2) is 0 Å². The van der Waals surface area contributed by atoms with Gasteiger partial charge in [-0.3, -0.25) is 0 Å². The molecular weight excluding hydrogens is 282 g/mol. The second-order valence-corrected chi connectivity index (χ2v) is 6.45. The van der Waals surface area contributed by atoms with Crippen LogP contribution in [-0.4, -0.2) is 19.8 Å². The lowest BCUT2D eigenvalue weighted by molar-refractivity contribution is 0.394. The summed E-state index contributed by atoms with van der Waals surface area (Å²) in [6, 6.07) is 8.29. The van der Waals surface area contributed by atoms with E-state index in [9.17, 15) is 5.26 Å². The van der Waals surface area contributed by atoms with Crippen LogP contribution in [0.3, 0.4) is 0 Å². The smallest absolute Gasteiger partial charge is 0.205 e. The highest BCUT2D eigenvalue weighted by molar-refractivity contribution is 8.03. The first-order chi connectivity index (χ1) is 10.1. The lowest BCUT2D eigenvalue weighted by atomic mass is 9.88. The molecule has 4 nitrogen and oxygen atoms in total. The zero-order valence-corrected chi connectivity index (χ0v) is 12.9. The Labute approximate surface area is 128 Å². The SMILES string of the molecule is CN(C)c1ccc2c(c1)OC(N)=C(C#N)C2C1=CCCS1. The van der Waals surface area contributed by atoms with Crippen LogP contribution >= 0.6 is 11.8 Å². The van der Waals surface area contributed by atoms with Gasteiger partial charge in [0.1, 0.15) is 17.4 Å². The average molecular weight is 299 g/mol. The molecule has 108 valence electrons. The van der Waals surface area contributed by atoms with Gasteiger partial charge in [-0.05, 0) is 17.4 Å². The van der Waals surface area contributed by atoms with Gasteiger partial charge in [-0.25, -0.2) is 0 Å². The van der Waals surface area contributed by atoms with E-state index in [0.717, 1.165) is 29.2 Å². The number of hydrogen-bond acceptors (Lipinski definition) is 5. The van der Waals surface area contributed by atoms with Crippen molar-refractivity contribution in [1.82, 2.24) is 0 Å². The van der Waals surface area contributed by atoms with Crippen LogP contribution in [0.15, 0.2) is 40.6 Å². The quantitative estimate of drug-likeness (QED) is 0.909. The molecule has 0 bridgehead atoms. The predicted molar refractivity (Wildman–Crippen MR) is 86.1 cm³/mol. The number of rotatable bonds is 2. The minimum atomic E-state index is -0.0811. The van der Waals surface area contributed by atoms with Gasteiger partial charge >= 0.3 is 0 Å². The zero-order chi connectivity index (χ0) is 15.0. The summed E-state index contributed by atoms with van der Waals surface area (Å²) in [5, 5.41) is 9.45. The standard InChI is InChI=1S/C16H17N3OS/c1-19(2)10-5-6-11-13(8-10)20-16(18)12(9-17)15(11)14-4-3-7-21-14/h4-6,8,15H,3,7,18H2,1-2H3. The van der Waals surface area contributed by atoms with Crippen molar-refractivity contribution >= 4 is 17.4 Å². The van der Waals surface area contributed by atoms with Crippen molar-refractivity contribution in [2.45, 2.75) is 12.3 Å². The number of thioether (sulfide) groups is 1.